The van der Waals surface area contributed by atoms with Crippen LogP contribution in [-0.4, -0.2) is 27.6 Å². The third-order valence-electron chi connectivity index (χ3n) is 0.485. The number of carbonyl (C=O) groups excluding carboxylic acids is 1. The van der Waals surface area contributed by atoms with E-state index in [1.54, 1.807) is 16.3 Å². The second-order valence-corrected chi connectivity index (χ2v) is 1.50. The van der Waals surface area contributed by atoms with Crippen molar-refractivity contribution >= 4 is 22.2 Å². The predicted molar refractivity (Wildman–Crippen MR) is 30.4 cm³/mol. The second kappa shape index (κ2) is 3.92. The average Bonchev–Trinajstić information content (AvgIpc) is 1.68. The zero-order chi connectivity index (χ0) is 5.70. The first-order chi connectivity index (χ1) is 3.31. The molecule has 0 atom stereocenters. The van der Waals surface area contributed by atoms with Gasteiger partial charge in [0.1, 0.15) is 0 Å². The average molecular weight is 112 g/mol. The predicted octanol–water partition coefficient (Wildman–Crippen LogP) is -0.853. The molecule has 0 saturated carbocycles. The second-order valence-electron chi connectivity index (χ2n) is 0.995. The maximum Gasteiger partial charge on any atom is 0.242 e. The Labute approximate surface area is 51.0 Å². The van der Waals surface area contributed by atoms with Gasteiger partial charge in [0, 0.05) is 0 Å². The molecule has 0 rings (SSSR count). The number of hydrogen-bond donors (Lipinski definition) is 1. The molecule has 0 aromatic heterocycles. The summed E-state index contributed by atoms with van der Waals surface area (Å²) < 4.78 is 0. The number of carbonyl (C=O) groups is 1. The standard InChI is InChI=1S/C4H6NO.Al.H/c1-3-4(6)5-2;;/h3H,1-2H2,(H,5,6);;. The van der Waals surface area contributed by atoms with E-state index in [9.17, 15) is 4.79 Å². The van der Waals surface area contributed by atoms with E-state index in [2.05, 4.69) is 11.9 Å². The molecule has 37 valence electrons. The number of hydrogen-bond acceptors (Lipinski definition) is 1. The number of rotatable bonds is 2. The lowest BCUT2D eigenvalue weighted by Gasteiger charge is -1.90. The summed E-state index contributed by atoms with van der Waals surface area (Å²) in [4.78, 5) is 10.2. The molecule has 0 fully saturated rings. The van der Waals surface area contributed by atoms with Crippen molar-refractivity contribution < 1.29 is 4.79 Å². The monoisotopic (exact) mass is 112 g/mol. The van der Waals surface area contributed by atoms with Crippen molar-refractivity contribution in [1.29, 1.82) is 0 Å². The Bertz CT molecular complexity index is 81.8. The van der Waals surface area contributed by atoms with Crippen molar-refractivity contribution in [2.45, 2.75) is 0 Å². The molecule has 0 unspecified atom stereocenters. The van der Waals surface area contributed by atoms with Crippen LogP contribution in [0.4, 0.5) is 0 Å². The van der Waals surface area contributed by atoms with Gasteiger partial charge in [-0.2, -0.15) is 0 Å². The summed E-state index contributed by atoms with van der Waals surface area (Å²) in [7, 11) is 0. The highest BCUT2D eigenvalue weighted by molar-refractivity contribution is 6.10. The number of nitrogens with one attached hydrogen (secondary N) is 1. The molecule has 0 aromatic carbocycles. The van der Waals surface area contributed by atoms with E-state index in [1.165, 1.54) is 6.08 Å². The Kier molecular flexibility index (Phi) is 3.77. The first-order valence-electron chi connectivity index (χ1n) is 2.00. The molecule has 1 N–H and O–H groups in total. The SMILES string of the molecule is C=CC(=O)N[CH2][AlH]. The van der Waals surface area contributed by atoms with E-state index in [4.69, 9.17) is 0 Å². The minimum Gasteiger partial charge on any atom is -0.368 e. The van der Waals surface area contributed by atoms with Crippen LogP contribution in [0, 0.1) is 0 Å². The Morgan fingerprint density at radius 2 is 2.57 bits per heavy atom. The number of amides is 1. The molecule has 0 spiro atoms. The van der Waals surface area contributed by atoms with Gasteiger partial charge in [0.15, 0.2) is 0 Å². The third-order valence-corrected chi connectivity index (χ3v) is 0.735. The van der Waals surface area contributed by atoms with Gasteiger partial charge in [-0.15, -0.1) is 0 Å². The summed E-state index contributed by atoms with van der Waals surface area (Å²) in [6.45, 7) is 3.27. The molecular formula is C4H7AlNO. The quantitative estimate of drug-likeness (QED) is 0.366. The van der Waals surface area contributed by atoms with E-state index < -0.39 is 0 Å². The van der Waals surface area contributed by atoms with Gasteiger partial charge >= 0.3 is 0 Å². The van der Waals surface area contributed by atoms with Gasteiger partial charge in [0.2, 0.25) is 22.2 Å². The van der Waals surface area contributed by atoms with Crippen LogP contribution < -0.4 is 5.32 Å². The van der Waals surface area contributed by atoms with E-state index in [-0.39, 0.29) is 5.91 Å². The van der Waals surface area contributed by atoms with Gasteiger partial charge in [0.05, 0.1) is 0 Å². The van der Waals surface area contributed by atoms with Crippen molar-refractivity contribution in [1.82, 2.24) is 5.32 Å². The molecule has 2 nitrogen and oxygen atoms in total. The lowest BCUT2D eigenvalue weighted by atomic mass is 10.6. The first kappa shape index (κ1) is 6.74. The maximum atomic E-state index is 10.2. The molecule has 0 aliphatic carbocycles. The molecule has 0 bridgehead atoms. The van der Waals surface area contributed by atoms with Crippen LogP contribution in [0.3, 0.4) is 0 Å². The van der Waals surface area contributed by atoms with Crippen molar-refractivity contribution in [2.24, 2.45) is 0 Å². The zero-order valence-electron chi connectivity index (χ0n) is 4.11. The molecule has 7 heavy (non-hydrogen) atoms. The summed E-state index contributed by atoms with van der Waals surface area (Å²) >= 11 is 1.69. The van der Waals surface area contributed by atoms with E-state index >= 15 is 0 Å². The zero-order valence-corrected chi connectivity index (χ0v) is 5.52. The summed E-state index contributed by atoms with van der Waals surface area (Å²) in [5.41, 5.74) is 0. The van der Waals surface area contributed by atoms with Crippen molar-refractivity contribution in [3.8, 4) is 0 Å². The van der Waals surface area contributed by atoms with Crippen LogP contribution in [0.15, 0.2) is 12.7 Å². The first-order valence-corrected chi connectivity index (χ1v) is 3.00. The third kappa shape index (κ3) is 3.58. The lowest BCUT2D eigenvalue weighted by molar-refractivity contribution is -0.116. The molecule has 0 aromatic rings. The lowest BCUT2D eigenvalue weighted by Crippen LogP contribution is -2.21. The molecule has 0 aliphatic rings. The normalized spacial score (nSPS) is 7.43. The smallest absolute Gasteiger partial charge is 0.242 e. The van der Waals surface area contributed by atoms with Crippen LogP contribution in [0.5, 0.6) is 0 Å². The van der Waals surface area contributed by atoms with Crippen LogP contribution in [0.25, 0.3) is 0 Å². The van der Waals surface area contributed by atoms with Gasteiger partial charge in [-0.05, 0) is 11.5 Å². The van der Waals surface area contributed by atoms with Crippen LogP contribution in [-0.2, 0) is 4.79 Å². The highest BCUT2D eigenvalue weighted by atomic mass is 27.0. The van der Waals surface area contributed by atoms with Crippen molar-refractivity contribution in [3.63, 3.8) is 0 Å². The fourth-order valence-electron chi connectivity index (χ4n) is 0.195. The minimum absolute atomic E-state index is 0.102. The Balaban J connectivity index is 3.17. The summed E-state index contributed by atoms with van der Waals surface area (Å²) in [5.74, 6) is -0.102. The largest absolute Gasteiger partial charge is 0.368 e. The Morgan fingerprint density at radius 3 is 2.71 bits per heavy atom. The molecule has 0 saturated heterocycles. The van der Waals surface area contributed by atoms with Crippen LogP contribution in [0.2, 0.25) is 0 Å². The molecule has 0 heterocycles. The molecule has 1 radical (unpaired) electrons. The molecular weight excluding hydrogens is 105 g/mol. The van der Waals surface area contributed by atoms with E-state index in [0.29, 0.717) is 5.41 Å². The molecule has 3 heteroatoms. The van der Waals surface area contributed by atoms with Gasteiger partial charge in [-0.3, -0.25) is 4.79 Å². The van der Waals surface area contributed by atoms with Crippen molar-refractivity contribution in [3.05, 3.63) is 12.7 Å². The summed E-state index contributed by atoms with van der Waals surface area (Å²) in [6.07, 6.45) is 1.26. The highest BCUT2D eigenvalue weighted by Crippen LogP contribution is 1.59. The van der Waals surface area contributed by atoms with Gasteiger partial charge in [-0.25, -0.2) is 0 Å². The summed E-state index contributed by atoms with van der Waals surface area (Å²) in [5, 5.41) is 3.25. The fraction of sp³-hybridized carbons (Fsp3) is 0.250. The summed E-state index contributed by atoms with van der Waals surface area (Å²) in [6, 6.07) is 0. The fourth-order valence-corrected chi connectivity index (χ4v) is 0.442. The van der Waals surface area contributed by atoms with Crippen LogP contribution >= 0.6 is 0 Å². The Hall–Kier alpha value is -0.258. The van der Waals surface area contributed by atoms with Crippen LogP contribution in [0.1, 0.15) is 0 Å². The van der Waals surface area contributed by atoms with Gasteiger partial charge in [-0.1, -0.05) is 6.58 Å². The van der Waals surface area contributed by atoms with Gasteiger partial charge < -0.3 is 5.32 Å². The topological polar surface area (TPSA) is 29.1 Å². The molecule has 0 aliphatic heterocycles. The molecule has 1 amide bonds. The van der Waals surface area contributed by atoms with E-state index in [1.807, 2.05) is 0 Å². The highest BCUT2D eigenvalue weighted by Gasteiger charge is 1.83. The minimum atomic E-state index is -0.102. The van der Waals surface area contributed by atoms with Gasteiger partial charge in [0.25, 0.3) is 0 Å². The van der Waals surface area contributed by atoms with Crippen molar-refractivity contribution in [2.75, 3.05) is 5.41 Å². The Morgan fingerprint density at radius 1 is 2.00 bits per heavy atom. The maximum absolute atomic E-state index is 10.2. The van der Waals surface area contributed by atoms with E-state index in [0.717, 1.165) is 0 Å².